The fourth-order valence-corrected chi connectivity index (χ4v) is 11.6. The van der Waals surface area contributed by atoms with Crippen LogP contribution in [0.4, 0.5) is 0 Å². The number of carbonyl (C=O) groups excluding carboxylic acids is 9. The minimum Gasteiger partial charge on any atom is -0.384 e. The smallest absolute Gasteiger partial charge is 0.246 e. The number of nitrogens with zero attached hydrogens (tertiary/aromatic N) is 6. The molecule has 25 heteroatoms. The van der Waals surface area contributed by atoms with Gasteiger partial charge < -0.3 is 65.9 Å². The van der Waals surface area contributed by atoms with Crippen LogP contribution in [0.3, 0.4) is 0 Å². The van der Waals surface area contributed by atoms with Crippen molar-refractivity contribution in [3.05, 3.63) is 0 Å². The van der Waals surface area contributed by atoms with E-state index in [1.165, 1.54) is 36.5 Å². The number of hydrogen-bond donors (Lipinski definition) is 6. The largest absolute Gasteiger partial charge is 0.384 e. The fraction of sp³-hybridized carbons (Fsp3) is 0.795. The molecule has 1 aliphatic carbocycles. The molecular formula is C44H70N12O13. The van der Waals surface area contributed by atoms with E-state index >= 15 is 0 Å². The van der Waals surface area contributed by atoms with Crippen molar-refractivity contribution in [3.63, 3.8) is 0 Å². The van der Waals surface area contributed by atoms with Gasteiger partial charge in [0, 0.05) is 63.6 Å². The monoisotopic (exact) mass is 975 g/mol. The molecular weight excluding hydrogens is 905 g/mol. The van der Waals surface area contributed by atoms with Crippen molar-refractivity contribution < 1.29 is 62.4 Å². The first-order valence-corrected chi connectivity index (χ1v) is 24.4. The van der Waals surface area contributed by atoms with E-state index in [9.17, 15) is 43.2 Å². The van der Waals surface area contributed by atoms with Gasteiger partial charge in [-0.05, 0) is 77.0 Å². The maximum absolute atomic E-state index is 13.5. The molecule has 25 nitrogen and oxygen atoms in total. The Labute approximate surface area is 400 Å². The molecule has 0 aromatic carbocycles. The van der Waals surface area contributed by atoms with Crippen molar-refractivity contribution in [2.75, 3.05) is 92.4 Å². The van der Waals surface area contributed by atoms with E-state index in [0.29, 0.717) is 116 Å². The molecule has 0 bridgehead atoms. The first kappa shape index (κ1) is 51.8. The number of hydrogen-bond acceptors (Lipinski definition) is 16. The van der Waals surface area contributed by atoms with Gasteiger partial charge >= 0.3 is 0 Å². The van der Waals surface area contributed by atoms with E-state index < -0.39 is 59.4 Å². The third-order valence-corrected chi connectivity index (χ3v) is 15.3. The van der Waals surface area contributed by atoms with Crippen LogP contribution in [0, 0.1) is 17.3 Å². The molecule has 1 saturated carbocycles. The number of ether oxygens (including phenoxy) is 1. The molecule has 7 rings (SSSR count). The molecule has 384 valence electrons. The predicted octanol–water partition coefficient (Wildman–Crippen LogP) is -4.17. The highest BCUT2D eigenvalue weighted by Crippen LogP contribution is 2.59. The molecule has 6 aliphatic heterocycles. The van der Waals surface area contributed by atoms with E-state index in [1.54, 1.807) is 0 Å². The molecule has 6 saturated heterocycles. The summed E-state index contributed by atoms with van der Waals surface area (Å²) in [7, 11) is 1.53. The van der Waals surface area contributed by atoms with Crippen LogP contribution in [-0.2, 0) is 62.4 Å². The molecule has 8 atom stereocenters. The van der Waals surface area contributed by atoms with Crippen LogP contribution in [0.15, 0.2) is 0 Å². The standard InChI is InChI=1S/C44H70N12O13/c1-66-25-44(26-69-50-22-37(59)53-16-7-13-34(53)43(65)56-19-4-10-31(56)40(47)62)27(23-67-48-20-35(57)51-14-5-11-32(51)41(63)54-17-2-8-29(54)38(45)60)28(44)24-68-49-21-36(58)52-15-6-12-33(52)42(64)55-18-3-9-30(55)39(46)61/h27-34,48-50H,2-26H2,1H3,(H2,45,60)(H2,46,61)(H2,47,62). The normalized spacial score (nSPS) is 29.9. The van der Waals surface area contributed by atoms with Crippen molar-refractivity contribution in [1.29, 1.82) is 0 Å². The first-order valence-electron chi connectivity index (χ1n) is 24.4. The molecule has 0 spiro atoms. The Bertz CT molecular complexity index is 1860. The fourth-order valence-electron chi connectivity index (χ4n) is 11.6. The van der Waals surface area contributed by atoms with E-state index in [0.717, 1.165) is 0 Å². The predicted molar refractivity (Wildman–Crippen MR) is 239 cm³/mol. The van der Waals surface area contributed by atoms with Gasteiger partial charge in [0.1, 0.15) is 55.9 Å². The van der Waals surface area contributed by atoms with Gasteiger partial charge in [-0.3, -0.25) is 43.2 Å². The van der Waals surface area contributed by atoms with Crippen molar-refractivity contribution >= 4 is 53.2 Å². The van der Waals surface area contributed by atoms with Crippen LogP contribution in [-0.4, -0.2) is 211 Å². The zero-order valence-electron chi connectivity index (χ0n) is 39.5. The highest BCUT2D eigenvalue weighted by atomic mass is 16.7. The van der Waals surface area contributed by atoms with Gasteiger partial charge in [-0.2, -0.15) is 16.4 Å². The molecule has 0 aromatic heterocycles. The number of methoxy groups -OCH3 is 1. The van der Waals surface area contributed by atoms with Crippen LogP contribution in [0.5, 0.6) is 0 Å². The summed E-state index contributed by atoms with van der Waals surface area (Å²) < 4.78 is 5.66. The SMILES string of the molecule is COCC1(CONCC(=O)N2CCCC2C(=O)N2CCCC2C(N)=O)C(CONCC(=O)N2CCCC2C(=O)N2CCCC2C(N)=O)C1CONCC(=O)N1CCCC1C(=O)N1CCCC1C(N)=O. The quantitative estimate of drug-likeness (QED) is 0.0418. The van der Waals surface area contributed by atoms with Gasteiger partial charge in [0.2, 0.25) is 53.2 Å². The summed E-state index contributed by atoms with van der Waals surface area (Å²) in [6, 6.07) is -4.19. The third kappa shape index (κ3) is 11.4. The summed E-state index contributed by atoms with van der Waals surface area (Å²) in [6.45, 7) is 1.91. The number of likely N-dealkylation sites (tertiary alicyclic amines) is 6. The molecule has 0 aromatic rings. The average molecular weight is 975 g/mol. The Hall–Kier alpha value is -5.05. The molecule has 7 aliphatic rings. The Balaban J connectivity index is 0.931. The molecule has 8 unspecified atom stereocenters. The van der Waals surface area contributed by atoms with Crippen LogP contribution >= 0.6 is 0 Å². The molecule has 9 N–H and O–H groups in total. The minimum atomic E-state index is -0.744. The third-order valence-electron chi connectivity index (χ3n) is 15.3. The number of hydroxylamine groups is 3. The van der Waals surface area contributed by atoms with Crippen LogP contribution in [0.1, 0.15) is 77.0 Å². The number of rotatable bonds is 23. The van der Waals surface area contributed by atoms with E-state index in [2.05, 4.69) is 16.4 Å². The van der Waals surface area contributed by atoms with Gasteiger partial charge in [0.25, 0.3) is 0 Å². The van der Waals surface area contributed by atoms with Crippen molar-refractivity contribution in [3.8, 4) is 0 Å². The van der Waals surface area contributed by atoms with Gasteiger partial charge in [-0.25, -0.2) is 0 Å². The number of amides is 9. The van der Waals surface area contributed by atoms with E-state index in [1.807, 2.05) is 0 Å². The van der Waals surface area contributed by atoms with Crippen molar-refractivity contribution in [1.82, 2.24) is 45.8 Å². The lowest BCUT2D eigenvalue weighted by molar-refractivity contribution is -0.147. The average Bonchev–Trinajstić information content (AvgIpc) is 4.16. The summed E-state index contributed by atoms with van der Waals surface area (Å²) in [6.07, 6.45) is 6.71. The topological polar surface area (TPSA) is 324 Å². The molecule has 0 radical (unpaired) electrons. The van der Waals surface area contributed by atoms with E-state index in [-0.39, 0.29) is 93.3 Å². The summed E-state index contributed by atoms with van der Waals surface area (Å²) in [5.74, 6) is -4.22. The lowest BCUT2D eigenvalue weighted by Crippen LogP contribution is -2.53. The maximum atomic E-state index is 13.5. The second kappa shape index (κ2) is 23.2. The Morgan fingerprint density at radius 1 is 0.435 bits per heavy atom. The van der Waals surface area contributed by atoms with Crippen molar-refractivity contribution in [2.45, 2.75) is 113 Å². The number of nitrogens with one attached hydrogen (secondary N) is 3. The molecule has 9 amide bonds. The lowest BCUT2D eigenvalue weighted by Gasteiger charge is -2.30. The van der Waals surface area contributed by atoms with Gasteiger partial charge in [-0.1, -0.05) is 0 Å². The summed E-state index contributed by atoms with van der Waals surface area (Å²) in [5, 5.41) is 0. The molecule has 7 fully saturated rings. The number of nitrogens with two attached hydrogens (primary N) is 3. The van der Waals surface area contributed by atoms with Crippen LogP contribution < -0.4 is 33.6 Å². The molecule has 69 heavy (non-hydrogen) atoms. The van der Waals surface area contributed by atoms with Crippen molar-refractivity contribution in [2.24, 2.45) is 34.5 Å². The van der Waals surface area contributed by atoms with Gasteiger partial charge in [0.05, 0.1) is 26.4 Å². The second-order valence-corrected chi connectivity index (χ2v) is 19.3. The first-order chi connectivity index (χ1) is 33.2. The Morgan fingerprint density at radius 3 is 1.03 bits per heavy atom. The summed E-state index contributed by atoms with van der Waals surface area (Å²) in [5.41, 5.74) is 24.2. The summed E-state index contributed by atoms with van der Waals surface area (Å²) in [4.78, 5) is 143. The number of primary amides is 3. The van der Waals surface area contributed by atoms with Gasteiger partial charge in [0.15, 0.2) is 0 Å². The van der Waals surface area contributed by atoms with Crippen LogP contribution in [0.2, 0.25) is 0 Å². The Morgan fingerprint density at radius 2 is 0.725 bits per heavy atom. The maximum Gasteiger partial charge on any atom is 0.246 e. The zero-order chi connectivity index (χ0) is 49.4. The highest BCUT2D eigenvalue weighted by Gasteiger charge is 2.65. The highest BCUT2D eigenvalue weighted by molar-refractivity contribution is 5.95. The number of carbonyl (C=O) groups is 9. The second-order valence-electron chi connectivity index (χ2n) is 19.3. The molecule has 6 heterocycles. The van der Waals surface area contributed by atoms with E-state index in [4.69, 9.17) is 36.5 Å². The van der Waals surface area contributed by atoms with Gasteiger partial charge in [-0.15, -0.1) is 0 Å². The zero-order valence-corrected chi connectivity index (χ0v) is 39.5. The minimum absolute atomic E-state index is 0.0190. The Kier molecular flexibility index (Phi) is 17.4. The summed E-state index contributed by atoms with van der Waals surface area (Å²) >= 11 is 0. The lowest BCUT2D eigenvalue weighted by atomic mass is 10.1. The van der Waals surface area contributed by atoms with Crippen LogP contribution in [0.25, 0.3) is 0 Å².